The summed E-state index contributed by atoms with van der Waals surface area (Å²) in [6, 6.07) is 8.02. The molecule has 0 bridgehead atoms. The smallest absolute Gasteiger partial charge is 0.155 e. The van der Waals surface area contributed by atoms with Crippen molar-refractivity contribution >= 4 is 17.9 Å². The van der Waals surface area contributed by atoms with Crippen molar-refractivity contribution in [2.24, 2.45) is 5.92 Å². The van der Waals surface area contributed by atoms with Crippen LogP contribution >= 0.6 is 11.6 Å². The number of aldehydes is 1. The summed E-state index contributed by atoms with van der Waals surface area (Å²) >= 11 is 5.92. The van der Waals surface area contributed by atoms with E-state index in [1.54, 1.807) is 0 Å². The van der Waals surface area contributed by atoms with Crippen molar-refractivity contribution in [3.63, 3.8) is 0 Å². The molecule has 0 fully saturated rings. The van der Waals surface area contributed by atoms with E-state index in [1.807, 2.05) is 18.2 Å². The van der Waals surface area contributed by atoms with Gasteiger partial charge in [-0.3, -0.25) is 4.79 Å². The maximum absolute atomic E-state index is 11.1. The average molecular weight is 275 g/mol. The van der Waals surface area contributed by atoms with Crippen molar-refractivity contribution in [2.45, 2.75) is 20.3 Å². The van der Waals surface area contributed by atoms with E-state index >= 15 is 0 Å². The Morgan fingerprint density at radius 3 is 2.79 bits per heavy atom. The zero-order chi connectivity index (χ0) is 13.8. The van der Waals surface area contributed by atoms with E-state index in [1.165, 1.54) is 11.9 Å². The fraction of sp³-hybridized carbons (Fsp3) is 0.267. The third-order valence-corrected chi connectivity index (χ3v) is 3.10. The highest BCUT2D eigenvalue weighted by atomic mass is 35.5. The molecule has 0 N–H and O–H groups in total. The topological polar surface area (TPSA) is 42.9 Å². The standard InChI is InChI=1S/C15H15ClN2O/c1-10(2)6-11-4-3-5-12(7-11)14-13(8-19)15(16)18-9-17-14/h3-5,7-10H,6H2,1-2H3. The Morgan fingerprint density at radius 1 is 1.32 bits per heavy atom. The largest absolute Gasteiger partial charge is 0.298 e. The van der Waals surface area contributed by atoms with Gasteiger partial charge in [-0.25, -0.2) is 9.97 Å². The molecule has 3 nitrogen and oxygen atoms in total. The number of nitrogens with zero attached hydrogens (tertiary/aromatic N) is 2. The zero-order valence-electron chi connectivity index (χ0n) is 10.9. The minimum atomic E-state index is 0.189. The lowest BCUT2D eigenvalue weighted by Crippen LogP contribution is -1.97. The van der Waals surface area contributed by atoms with E-state index in [-0.39, 0.29) is 5.15 Å². The highest BCUT2D eigenvalue weighted by Crippen LogP contribution is 2.25. The molecule has 0 atom stereocenters. The minimum absolute atomic E-state index is 0.189. The van der Waals surface area contributed by atoms with Crippen LogP contribution in [0.15, 0.2) is 30.6 Å². The maximum Gasteiger partial charge on any atom is 0.155 e. The summed E-state index contributed by atoms with van der Waals surface area (Å²) in [5.74, 6) is 0.578. The van der Waals surface area contributed by atoms with E-state index in [9.17, 15) is 4.79 Å². The lowest BCUT2D eigenvalue weighted by Gasteiger charge is -2.09. The van der Waals surface area contributed by atoms with Gasteiger partial charge in [0.25, 0.3) is 0 Å². The molecule has 1 aromatic carbocycles. The van der Waals surface area contributed by atoms with Crippen LogP contribution in [0.5, 0.6) is 0 Å². The first kappa shape index (κ1) is 13.7. The molecule has 0 amide bonds. The van der Waals surface area contributed by atoms with Crippen LogP contribution in [0.2, 0.25) is 5.15 Å². The molecular formula is C15H15ClN2O. The first-order valence-corrected chi connectivity index (χ1v) is 6.54. The highest BCUT2D eigenvalue weighted by Gasteiger charge is 2.11. The second-order valence-corrected chi connectivity index (χ2v) is 5.20. The van der Waals surface area contributed by atoms with Crippen molar-refractivity contribution in [3.05, 3.63) is 46.9 Å². The summed E-state index contributed by atoms with van der Waals surface area (Å²) in [6.45, 7) is 4.34. The Balaban J connectivity index is 2.47. The average Bonchev–Trinajstić information content (AvgIpc) is 2.38. The van der Waals surface area contributed by atoms with Crippen molar-refractivity contribution < 1.29 is 4.79 Å². The van der Waals surface area contributed by atoms with Gasteiger partial charge in [-0.15, -0.1) is 0 Å². The second-order valence-electron chi connectivity index (χ2n) is 4.84. The molecular weight excluding hydrogens is 260 g/mol. The van der Waals surface area contributed by atoms with Crippen LogP contribution in [0.1, 0.15) is 29.8 Å². The molecule has 2 rings (SSSR count). The van der Waals surface area contributed by atoms with Crippen LogP contribution in [0.4, 0.5) is 0 Å². The van der Waals surface area contributed by atoms with E-state index < -0.39 is 0 Å². The summed E-state index contributed by atoms with van der Waals surface area (Å²) in [5, 5.41) is 0.189. The lowest BCUT2D eigenvalue weighted by atomic mass is 9.99. The van der Waals surface area contributed by atoms with Gasteiger partial charge in [0.1, 0.15) is 11.5 Å². The molecule has 98 valence electrons. The molecule has 0 spiro atoms. The van der Waals surface area contributed by atoms with Crippen molar-refractivity contribution in [1.82, 2.24) is 9.97 Å². The molecule has 0 radical (unpaired) electrons. The fourth-order valence-electron chi connectivity index (χ4n) is 2.03. The van der Waals surface area contributed by atoms with Gasteiger partial charge in [-0.05, 0) is 24.0 Å². The number of hydrogen-bond donors (Lipinski definition) is 0. The van der Waals surface area contributed by atoms with Gasteiger partial charge >= 0.3 is 0 Å². The predicted molar refractivity (Wildman–Crippen MR) is 76.4 cm³/mol. The molecule has 1 aromatic heterocycles. The number of benzene rings is 1. The van der Waals surface area contributed by atoms with Gasteiger partial charge in [0, 0.05) is 5.56 Å². The second kappa shape index (κ2) is 5.93. The summed E-state index contributed by atoms with van der Waals surface area (Å²) in [7, 11) is 0. The Labute approximate surface area is 117 Å². The van der Waals surface area contributed by atoms with Crippen molar-refractivity contribution in [2.75, 3.05) is 0 Å². The summed E-state index contributed by atoms with van der Waals surface area (Å²) in [6.07, 6.45) is 3.07. The Morgan fingerprint density at radius 2 is 2.11 bits per heavy atom. The highest BCUT2D eigenvalue weighted by molar-refractivity contribution is 6.32. The van der Waals surface area contributed by atoms with E-state index in [4.69, 9.17) is 11.6 Å². The molecule has 1 heterocycles. The van der Waals surface area contributed by atoms with Gasteiger partial charge in [0.2, 0.25) is 0 Å². The zero-order valence-corrected chi connectivity index (χ0v) is 11.7. The van der Waals surface area contributed by atoms with Gasteiger partial charge in [0.05, 0.1) is 11.3 Å². The Bertz CT molecular complexity index is 596. The summed E-state index contributed by atoms with van der Waals surface area (Å²) in [5.41, 5.74) is 3.04. The number of rotatable bonds is 4. The summed E-state index contributed by atoms with van der Waals surface area (Å²) < 4.78 is 0. The number of carbonyl (C=O) groups is 1. The number of hydrogen-bond acceptors (Lipinski definition) is 3. The molecule has 19 heavy (non-hydrogen) atoms. The third-order valence-electron chi connectivity index (χ3n) is 2.80. The van der Waals surface area contributed by atoms with Crippen LogP contribution in [-0.4, -0.2) is 16.3 Å². The molecule has 0 aliphatic carbocycles. The molecule has 0 saturated carbocycles. The van der Waals surface area contributed by atoms with Crippen molar-refractivity contribution in [3.8, 4) is 11.3 Å². The monoisotopic (exact) mass is 274 g/mol. The van der Waals surface area contributed by atoms with Crippen LogP contribution in [0, 0.1) is 5.92 Å². The lowest BCUT2D eigenvalue weighted by molar-refractivity contribution is 0.112. The van der Waals surface area contributed by atoms with Gasteiger partial charge in [0.15, 0.2) is 6.29 Å². The molecule has 0 aliphatic rings. The third kappa shape index (κ3) is 3.18. The SMILES string of the molecule is CC(C)Cc1cccc(-c2ncnc(Cl)c2C=O)c1. The first-order valence-electron chi connectivity index (χ1n) is 6.16. The molecule has 0 saturated heterocycles. The van der Waals surface area contributed by atoms with Crippen LogP contribution in [0.3, 0.4) is 0 Å². The van der Waals surface area contributed by atoms with Gasteiger partial charge < -0.3 is 0 Å². The Hall–Kier alpha value is -1.74. The van der Waals surface area contributed by atoms with Gasteiger partial charge in [-0.1, -0.05) is 43.6 Å². The summed E-state index contributed by atoms with van der Waals surface area (Å²) in [4.78, 5) is 19.1. The quantitative estimate of drug-likeness (QED) is 0.629. The minimum Gasteiger partial charge on any atom is -0.298 e. The Kier molecular flexibility index (Phi) is 4.27. The molecule has 4 heteroatoms. The van der Waals surface area contributed by atoms with Crippen LogP contribution < -0.4 is 0 Å². The van der Waals surface area contributed by atoms with Crippen molar-refractivity contribution in [1.29, 1.82) is 0 Å². The maximum atomic E-state index is 11.1. The number of aromatic nitrogens is 2. The van der Waals surface area contributed by atoms with Gasteiger partial charge in [-0.2, -0.15) is 0 Å². The first-order chi connectivity index (χ1) is 9.11. The van der Waals surface area contributed by atoms with E-state index in [2.05, 4.69) is 29.9 Å². The van der Waals surface area contributed by atoms with Crippen LogP contribution in [0.25, 0.3) is 11.3 Å². The molecule has 2 aromatic rings. The van der Waals surface area contributed by atoms with Crippen LogP contribution in [-0.2, 0) is 6.42 Å². The number of halogens is 1. The fourth-order valence-corrected chi connectivity index (χ4v) is 2.20. The number of carbonyl (C=O) groups excluding carboxylic acids is 1. The van der Waals surface area contributed by atoms with E-state index in [0.717, 1.165) is 12.0 Å². The predicted octanol–water partition coefficient (Wildman–Crippen LogP) is 3.81. The normalized spacial score (nSPS) is 10.7. The molecule has 0 aliphatic heterocycles. The molecule has 0 unspecified atom stereocenters. The van der Waals surface area contributed by atoms with E-state index in [0.29, 0.717) is 23.5 Å².